The van der Waals surface area contributed by atoms with Crippen LogP contribution in [0.5, 0.6) is 17.2 Å². The number of piperidine rings is 1. The molecule has 6 aliphatic rings. The number of hydrogen-bond donors (Lipinski definition) is 9. The van der Waals surface area contributed by atoms with Gasteiger partial charge in [0.1, 0.15) is 47.2 Å². The van der Waals surface area contributed by atoms with Gasteiger partial charge in [-0.25, -0.2) is 19.1 Å². The molecule has 1 unspecified atom stereocenters. The predicted octanol–water partition coefficient (Wildman–Crippen LogP) is 6.06. The fourth-order valence-electron chi connectivity index (χ4n) is 17.7. The molecular weight excluding hydrogens is 1800 g/mol. The maximum atomic E-state index is 14.4. The number of nitrogens with zero attached hydrogens (tertiary/aromatic N) is 7. The highest BCUT2D eigenvalue weighted by Crippen LogP contribution is 2.53. The molecule has 3 fully saturated rings. The highest BCUT2D eigenvalue weighted by Gasteiger charge is 2.55. The molecule has 6 aromatic rings. The molecule has 0 saturated carbocycles. The number of methoxy groups -OCH3 is 2. The first-order valence-corrected chi connectivity index (χ1v) is 46.8. The number of carbonyl (C=O) groups is 11. The SMILES string of the molecule is CNCCOCCOCCOCCn1nnc2c1-c1ccccc1CN(C(=O)CCCC(=O)CCOCCOCCOCCOCCC(=O)N[C@H](C(=O)C[C@@H](CCCNC(N)=O)C(=O)Nc1ccc(COC(=O)N(C)CCN(C)C(=O)OCC(=O)[C@]3(O)Cc4c(O)c5c(c(O)c4[C@@H](OC4C[C@H]6[C@H](O[C@@H]7[C@@H](OC)OCCN76)[C@H](C)N4)C3)C(=O)c3c(OC)cccc3C5=O)cc1)C(C)C)c1ccccc1-2. The maximum absolute atomic E-state index is 14.4. The zero-order chi connectivity index (χ0) is 98.5. The van der Waals surface area contributed by atoms with E-state index in [0.29, 0.717) is 94.9 Å². The lowest BCUT2D eigenvalue weighted by molar-refractivity contribution is -0.244. The number of ether oxygens (including phenoxy) is 14. The van der Waals surface area contributed by atoms with Gasteiger partial charge in [-0.15, -0.1) is 5.10 Å². The van der Waals surface area contributed by atoms with E-state index >= 15 is 0 Å². The Kier molecular flexibility index (Phi) is 39.4. The molecular formula is C97H129N13O28. The van der Waals surface area contributed by atoms with E-state index < -0.39 is 138 Å². The fraction of sp³-hybridized carbons (Fsp3) is 0.557. The Bertz CT molecular complexity index is 5200. The summed E-state index contributed by atoms with van der Waals surface area (Å²) in [5.41, 5.74) is 6.83. The second-order valence-electron chi connectivity index (χ2n) is 35.0. The van der Waals surface area contributed by atoms with Crippen LogP contribution in [-0.2, 0) is 116 Å². The number of urea groups is 1. The first-order chi connectivity index (χ1) is 66.6. The van der Waals surface area contributed by atoms with Crippen molar-refractivity contribution in [3.05, 3.63) is 136 Å². The number of fused-ring (bicyclic) bond motifs is 11. The van der Waals surface area contributed by atoms with Gasteiger partial charge in [-0.05, 0) is 74.5 Å². The number of phenols is 2. The average molecular weight is 1930 g/mol. The van der Waals surface area contributed by atoms with Crippen molar-refractivity contribution in [2.24, 2.45) is 17.6 Å². The second kappa shape index (κ2) is 51.5. The molecule has 0 radical (unpaired) electrons. The van der Waals surface area contributed by atoms with Gasteiger partial charge in [-0.3, -0.25) is 48.6 Å². The van der Waals surface area contributed by atoms with Gasteiger partial charge in [-0.1, -0.05) is 85.8 Å². The third-order valence-electron chi connectivity index (χ3n) is 25.1. The molecule has 10 atom stereocenters. The molecule has 41 nitrogen and oxygen atoms in total. The molecule has 4 aliphatic heterocycles. The van der Waals surface area contributed by atoms with E-state index in [1.54, 1.807) is 43.0 Å². The Balaban J connectivity index is 0.518. The van der Waals surface area contributed by atoms with Gasteiger partial charge in [0, 0.05) is 157 Å². The number of morpholine rings is 1. The molecule has 5 heterocycles. The number of aromatic hydroxyl groups is 2. The summed E-state index contributed by atoms with van der Waals surface area (Å²) in [5.74, 6) is -6.83. The van der Waals surface area contributed by atoms with Gasteiger partial charge in [-0.2, -0.15) is 0 Å². The lowest BCUT2D eigenvalue weighted by Gasteiger charge is -2.44. The highest BCUT2D eigenvalue weighted by molar-refractivity contribution is 6.31. The number of para-hydroxylation sites is 1. The summed E-state index contributed by atoms with van der Waals surface area (Å²) < 4.78 is 82.5. The smallest absolute Gasteiger partial charge is 0.409 e. The lowest BCUT2D eigenvalue weighted by atomic mass is 9.72. The number of nitrogens with one attached hydrogen (secondary N) is 5. The lowest BCUT2D eigenvalue weighted by Crippen LogP contribution is -2.59. The molecule has 750 valence electrons. The third kappa shape index (κ3) is 27.4. The van der Waals surface area contributed by atoms with Crippen molar-refractivity contribution in [2.45, 2.75) is 166 Å². The summed E-state index contributed by atoms with van der Waals surface area (Å²) in [7, 11) is 7.49. The van der Waals surface area contributed by atoms with Gasteiger partial charge in [0.05, 0.1) is 166 Å². The molecule has 1 aromatic heterocycles. The number of amides is 7. The number of carbonyl (C=O) groups excluding carboxylic acids is 11. The number of likely N-dealkylation sites (N-methyl/N-ethyl adjacent to an activating group) is 3. The van der Waals surface area contributed by atoms with Crippen molar-refractivity contribution in [1.29, 1.82) is 0 Å². The summed E-state index contributed by atoms with van der Waals surface area (Å²) >= 11 is 0. The second-order valence-corrected chi connectivity index (χ2v) is 35.0. The maximum Gasteiger partial charge on any atom is 0.409 e. The summed E-state index contributed by atoms with van der Waals surface area (Å²) in [6.07, 6.45) is -5.55. The van der Waals surface area contributed by atoms with E-state index in [2.05, 4.69) is 41.8 Å². The summed E-state index contributed by atoms with van der Waals surface area (Å²) in [6, 6.07) is 24.0. The number of aromatic nitrogens is 3. The van der Waals surface area contributed by atoms with Crippen LogP contribution in [0, 0.1) is 11.8 Å². The van der Waals surface area contributed by atoms with Crippen LogP contribution in [0.4, 0.5) is 25.8 Å². The molecule has 10 N–H and O–H groups in total. The van der Waals surface area contributed by atoms with Gasteiger partial charge in [0.25, 0.3) is 0 Å². The number of anilines is 2. The van der Waals surface area contributed by atoms with Gasteiger partial charge < -0.3 is 123 Å². The van der Waals surface area contributed by atoms with E-state index in [1.165, 1.54) is 51.4 Å². The Morgan fingerprint density at radius 2 is 1.34 bits per heavy atom. The number of aliphatic hydroxyl groups is 1. The molecule has 2 aliphatic carbocycles. The molecule has 41 heteroatoms. The molecule has 138 heavy (non-hydrogen) atoms. The first-order valence-electron chi connectivity index (χ1n) is 46.8. The van der Waals surface area contributed by atoms with Crippen LogP contribution in [0.3, 0.4) is 0 Å². The third-order valence-corrected chi connectivity index (χ3v) is 25.1. The van der Waals surface area contributed by atoms with Gasteiger partial charge in [0.15, 0.2) is 30.7 Å². The zero-order valence-electron chi connectivity index (χ0n) is 79.4. The van der Waals surface area contributed by atoms with Crippen molar-refractivity contribution in [1.82, 2.24) is 51.0 Å². The molecule has 12 rings (SSSR count). The number of nitrogens with two attached hydrogens (primary N) is 1. The zero-order valence-corrected chi connectivity index (χ0v) is 79.4. The fourth-order valence-corrected chi connectivity index (χ4v) is 17.7. The van der Waals surface area contributed by atoms with Gasteiger partial charge >= 0.3 is 18.2 Å². The van der Waals surface area contributed by atoms with E-state index in [1.807, 2.05) is 67.2 Å². The number of rotatable bonds is 54. The van der Waals surface area contributed by atoms with Crippen LogP contribution in [0.15, 0.2) is 91.0 Å². The van der Waals surface area contributed by atoms with Crippen molar-refractivity contribution < 1.29 is 134 Å². The van der Waals surface area contributed by atoms with Crippen LogP contribution in [-0.4, -0.2) is 332 Å². The van der Waals surface area contributed by atoms with Crippen LogP contribution in [0.1, 0.15) is 145 Å². The molecule has 5 aromatic carbocycles. The number of benzene rings is 5. The number of hydrogen-bond acceptors (Lipinski definition) is 33. The Hall–Kier alpha value is -11.4. The monoisotopic (exact) mass is 1920 g/mol. The summed E-state index contributed by atoms with van der Waals surface area (Å²) in [4.78, 5) is 156. The number of primary amides is 1. The largest absolute Gasteiger partial charge is 0.507 e. The Labute approximate surface area is 800 Å². The van der Waals surface area contributed by atoms with E-state index in [0.717, 1.165) is 33.8 Å². The molecule has 7 amide bonds. The first kappa shape index (κ1) is 105. The topological polar surface area (TPSA) is 508 Å². The quantitative estimate of drug-likeness (QED) is 0.0154. The van der Waals surface area contributed by atoms with Crippen molar-refractivity contribution in [3.8, 4) is 39.8 Å². The Morgan fingerprint density at radius 1 is 0.703 bits per heavy atom. The van der Waals surface area contributed by atoms with Gasteiger partial charge in [0.2, 0.25) is 29.3 Å². The van der Waals surface area contributed by atoms with E-state index in [4.69, 9.17) is 72.0 Å². The minimum atomic E-state index is -2.47. The normalized spacial score (nSPS) is 19.5. The molecule has 0 bridgehead atoms. The number of Topliss-reactive ketones (excluding diaryl/α,β-unsaturated/α-hetero) is 3. The standard InChI is InChI=1S/C97H129N13O28/c1-59(2)83(103-76(114)30-38-128-43-47-132-51-50-131-46-42-127-37-29-65(111)18-13-24-78(115)109-56-63-16-9-10-19-66(63)85-84(67-20-11-12-22-70(67)109)104-105-110(85)36-40-130-45-49-133-48-44-129-39-32-99-4)72(112)52-62(17-15-31-100-94(98)121)91(120)102-64-27-25-61(26-28-64)57-135-95(122)106(5)33-34-107(6)96(123)136-58-75(113)97(124)54-69-80(89(119)82-81(87(69)117)86(116)68-21-14-23-73(125-7)79(68)88(82)118)74(55-97)137-77-53-71-90(60(3)101-77)138-92-93(126-8)134-41-35-108(71)92/h9-12,14,16,19-23,25-28,59-60,62,71,74,77,83,90,92-93,99,101,117,119,124H,13,15,17-18,24,29-58H2,1-8H3,(H,102,120)(H,103,114)(H3,98,100,121)/t60-,62+,71-,74-,77?,83-,90+,92+,93-,97-/m0/s1. The van der Waals surface area contributed by atoms with Crippen LogP contribution >= 0.6 is 0 Å². The predicted molar refractivity (Wildman–Crippen MR) is 497 cm³/mol. The number of ketones is 5. The van der Waals surface area contributed by atoms with Crippen molar-refractivity contribution in [2.75, 3.05) is 184 Å². The highest BCUT2D eigenvalue weighted by atomic mass is 16.7. The minimum absolute atomic E-state index is 0.0170. The summed E-state index contributed by atoms with van der Waals surface area (Å²) in [6.45, 7) is 11.1. The van der Waals surface area contributed by atoms with Crippen molar-refractivity contribution >= 4 is 76.2 Å². The van der Waals surface area contributed by atoms with E-state index in [-0.39, 0.29) is 194 Å². The number of phenolic OH excluding ortho intramolecular Hbond substituents is 2. The molecule has 0 spiro atoms. The van der Waals surface area contributed by atoms with Crippen LogP contribution in [0.2, 0.25) is 0 Å². The van der Waals surface area contributed by atoms with Crippen LogP contribution in [0.25, 0.3) is 22.5 Å². The van der Waals surface area contributed by atoms with Crippen LogP contribution < -0.4 is 42.0 Å². The van der Waals surface area contributed by atoms with Crippen molar-refractivity contribution in [3.63, 3.8) is 0 Å². The van der Waals surface area contributed by atoms with E-state index in [9.17, 15) is 68.1 Å². The molecule has 3 saturated heterocycles. The minimum Gasteiger partial charge on any atom is -0.507 e. The summed E-state index contributed by atoms with van der Waals surface area (Å²) in [5, 5.41) is 60.7. The average Bonchev–Trinajstić information content (AvgIpc) is 0.979. The Morgan fingerprint density at radius 3 is 2.01 bits per heavy atom.